The van der Waals surface area contributed by atoms with E-state index in [1.54, 1.807) is 6.20 Å². The van der Waals surface area contributed by atoms with Gasteiger partial charge in [-0.1, -0.05) is 6.07 Å². The lowest BCUT2D eigenvalue weighted by Crippen LogP contribution is -2.43. The molecule has 0 spiro atoms. The van der Waals surface area contributed by atoms with Crippen LogP contribution in [0.3, 0.4) is 0 Å². The first-order chi connectivity index (χ1) is 15.2. The van der Waals surface area contributed by atoms with Crippen molar-refractivity contribution in [2.75, 3.05) is 29.0 Å². The van der Waals surface area contributed by atoms with E-state index in [-0.39, 0.29) is 6.04 Å². The van der Waals surface area contributed by atoms with Gasteiger partial charge in [-0.05, 0) is 61.6 Å². The maximum absolute atomic E-state index is 6.39. The second-order valence-corrected chi connectivity index (χ2v) is 8.19. The Kier molecular flexibility index (Phi) is 5.26. The summed E-state index contributed by atoms with van der Waals surface area (Å²) in [5.41, 5.74) is 20.0. The highest BCUT2D eigenvalue weighted by Crippen LogP contribution is 2.40. The molecule has 1 aliphatic heterocycles. The molecule has 1 atom stereocenters. The molecule has 1 aliphatic carbocycles. The standard InChI is InChI=1S/C24H27N7/c25-17-4-3-13-31(15-17)22-10-12-27-14-21(22)30-23(16-6-7-16)24-18(26)8-9-20(29-24)19-5-1-2-11-28-19/h1-2,5,8-12,14,17,30H,3-4,6-7,13,15,25-26H2/t17-/m0/s1. The van der Waals surface area contributed by atoms with Crippen LogP contribution in [0.5, 0.6) is 0 Å². The second-order valence-electron chi connectivity index (χ2n) is 8.19. The van der Waals surface area contributed by atoms with Crippen LogP contribution >= 0.6 is 0 Å². The van der Waals surface area contributed by atoms with E-state index in [2.05, 4.69) is 26.3 Å². The summed E-state index contributed by atoms with van der Waals surface area (Å²) in [7, 11) is 0. The first kappa shape index (κ1) is 19.5. The topological polar surface area (TPSA) is 106 Å². The lowest BCUT2D eigenvalue weighted by molar-refractivity contribution is 0.506. The molecule has 0 unspecified atom stereocenters. The summed E-state index contributed by atoms with van der Waals surface area (Å²) in [4.78, 5) is 16.0. The van der Waals surface area contributed by atoms with E-state index < -0.39 is 0 Å². The molecule has 0 amide bonds. The van der Waals surface area contributed by atoms with Crippen LogP contribution in [0.4, 0.5) is 17.1 Å². The maximum atomic E-state index is 6.39. The zero-order valence-electron chi connectivity index (χ0n) is 17.5. The van der Waals surface area contributed by atoms with Gasteiger partial charge in [0.05, 0.1) is 40.3 Å². The van der Waals surface area contributed by atoms with Gasteiger partial charge in [-0.15, -0.1) is 0 Å². The van der Waals surface area contributed by atoms with Gasteiger partial charge < -0.3 is 21.7 Å². The van der Waals surface area contributed by atoms with Crippen molar-refractivity contribution in [2.24, 2.45) is 5.73 Å². The predicted octanol–water partition coefficient (Wildman–Crippen LogP) is 3.67. The molecule has 0 aromatic carbocycles. The summed E-state index contributed by atoms with van der Waals surface area (Å²) in [6.07, 6.45) is 9.73. The van der Waals surface area contributed by atoms with Crippen molar-refractivity contribution in [2.45, 2.75) is 31.7 Å². The third kappa shape index (κ3) is 4.22. The van der Waals surface area contributed by atoms with Crippen molar-refractivity contribution >= 4 is 22.8 Å². The highest BCUT2D eigenvalue weighted by atomic mass is 15.2. The number of allylic oxidation sites excluding steroid dienone is 1. The summed E-state index contributed by atoms with van der Waals surface area (Å²) in [5.74, 6) is 0. The van der Waals surface area contributed by atoms with Crippen molar-refractivity contribution in [3.05, 3.63) is 66.3 Å². The number of aromatic nitrogens is 3. The average Bonchev–Trinajstić information content (AvgIpc) is 3.64. The third-order valence-electron chi connectivity index (χ3n) is 5.80. The maximum Gasteiger partial charge on any atom is 0.110 e. The molecular formula is C24H27N7. The Labute approximate surface area is 182 Å². The van der Waals surface area contributed by atoms with Gasteiger partial charge in [0.1, 0.15) is 5.69 Å². The van der Waals surface area contributed by atoms with Gasteiger partial charge >= 0.3 is 0 Å². The summed E-state index contributed by atoms with van der Waals surface area (Å²) in [6, 6.07) is 11.9. The number of anilines is 3. The van der Waals surface area contributed by atoms with E-state index in [0.717, 1.165) is 72.9 Å². The Bertz CT molecular complexity index is 1100. The van der Waals surface area contributed by atoms with E-state index in [1.807, 2.05) is 42.7 Å². The molecule has 0 radical (unpaired) electrons. The monoisotopic (exact) mass is 413 g/mol. The van der Waals surface area contributed by atoms with Crippen molar-refractivity contribution < 1.29 is 0 Å². The fourth-order valence-electron chi connectivity index (χ4n) is 4.08. The summed E-state index contributed by atoms with van der Waals surface area (Å²) >= 11 is 0. The Morgan fingerprint density at radius 2 is 1.97 bits per heavy atom. The van der Waals surface area contributed by atoms with Gasteiger partial charge in [-0.2, -0.15) is 0 Å². The van der Waals surface area contributed by atoms with Gasteiger partial charge in [0.15, 0.2) is 0 Å². The fourth-order valence-corrected chi connectivity index (χ4v) is 4.08. The molecule has 3 aromatic heterocycles. The minimum atomic E-state index is 0.198. The molecule has 5 rings (SSSR count). The van der Waals surface area contributed by atoms with Crippen molar-refractivity contribution in [3.63, 3.8) is 0 Å². The molecule has 5 N–H and O–H groups in total. The quantitative estimate of drug-likeness (QED) is 0.586. The molecule has 4 heterocycles. The Balaban J connectivity index is 1.50. The van der Waals surface area contributed by atoms with E-state index in [4.69, 9.17) is 16.5 Å². The zero-order valence-corrected chi connectivity index (χ0v) is 17.5. The molecule has 31 heavy (non-hydrogen) atoms. The number of nitrogens with zero attached hydrogens (tertiary/aromatic N) is 4. The number of nitrogen functional groups attached to an aromatic ring is 1. The lowest BCUT2D eigenvalue weighted by atomic mass is 10.1. The molecule has 3 aromatic rings. The molecule has 2 fully saturated rings. The Morgan fingerprint density at radius 3 is 2.74 bits per heavy atom. The van der Waals surface area contributed by atoms with Gasteiger partial charge in [-0.25, -0.2) is 4.98 Å². The number of piperidine rings is 1. The predicted molar refractivity (Wildman–Crippen MR) is 125 cm³/mol. The van der Waals surface area contributed by atoms with Crippen LogP contribution in [-0.2, 0) is 0 Å². The lowest BCUT2D eigenvalue weighted by Gasteiger charge is -2.34. The molecule has 1 saturated heterocycles. The summed E-state index contributed by atoms with van der Waals surface area (Å²) < 4.78 is 0. The van der Waals surface area contributed by atoms with Crippen LogP contribution in [0.15, 0.2) is 60.6 Å². The van der Waals surface area contributed by atoms with Crippen LogP contribution in [0.25, 0.3) is 17.1 Å². The normalized spacial score (nSPS) is 18.0. The Morgan fingerprint density at radius 1 is 1.06 bits per heavy atom. The largest absolute Gasteiger partial charge is 0.397 e. The molecule has 7 nitrogen and oxygen atoms in total. The minimum absolute atomic E-state index is 0.198. The number of hydrogen-bond acceptors (Lipinski definition) is 7. The summed E-state index contributed by atoms with van der Waals surface area (Å²) in [6.45, 7) is 1.84. The van der Waals surface area contributed by atoms with E-state index in [9.17, 15) is 0 Å². The first-order valence-corrected chi connectivity index (χ1v) is 10.8. The average molecular weight is 414 g/mol. The van der Waals surface area contributed by atoms with Crippen LogP contribution in [0.1, 0.15) is 31.4 Å². The smallest absolute Gasteiger partial charge is 0.110 e. The number of hydrogen-bond donors (Lipinski definition) is 3. The molecule has 1 saturated carbocycles. The van der Waals surface area contributed by atoms with Crippen LogP contribution in [-0.4, -0.2) is 34.1 Å². The third-order valence-corrected chi connectivity index (χ3v) is 5.80. The zero-order chi connectivity index (χ0) is 21.2. The van der Waals surface area contributed by atoms with Crippen molar-refractivity contribution in [1.82, 2.24) is 15.0 Å². The van der Waals surface area contributed by atoms with Crippen LogP contribution in [0, 0.1) is 0 Å². The molecule has 7 heteroatoms. The van der Waals surface area contributed by atoms with E-state index >= 15 is 0 Å². The van der Waals surface area contributed by atoms with Gasteiger partial charge in [0.25, 0.3) is 0 Å². The fraction of sp³-hybridized carbons (Fsp3) is 0.292. The second kappa shape index (κ2) is 8.35. The number of nitrogens with two attached hydrogens (primary N) is 2. The van der Waals surface area contributed by atoms with Crippen molar-refractivity contribution in [3.8, 4) is 11.4 Å². The number of nitrogens with one attached hydrogen (secondary N) is 1. The van der Waals surface area contributed by atoms with Gasteiger partial charge in [-0.3, -0.25) is 9.97 Å². The number of rotatable bonds is 5. The van der Waals surface area contributed by atoms with Gasteiger partial charge in [0.2, 0.25) is 0 Å². The molecule has 2 aliphatic rings. The molecule has 158 valence electrons. The highest BCUT2D eigenvalue weighted by molar-refractivity contribution is 5.88. The first-order valence-electron chi connectivity index (χ1n) is 10.8. The highest BCUT2D eigenvalue weighted by Gasteiger charge is 2.25. The van der Waals surface area contributed by atoms with Crippen LogP contribution in [0.2, 0.25) is 0 Å². The van der Waals surface area contributed by atoms with Crippen LogP contribution < -0.4 is 21.7 Å². The van der Waals surface area contributed by atoms with E-state index in [1.165, 1.54) is 5.57 Å². The van der Waals surface area contributed by atoms with Gasteiger partial charge in [0, 0.05) is 31.5 Å². The van der Waals surface area contributed by atoms with Crippen molar-refractivity contribution in [1.29, 1.82) is 0 Å². The minimum Gasteiger partial charge on any atom is -0.397 e. The SMILES string of the molecule is Nc1ccc(-c2ccccn2)nc1C(Nc1cnccc1N1CCC[C@H](N)C1)=C1CC1. The van der Waals surface area contributed by atoms with E-state index in [0.29, 0.717) is 5.69 Å². The summed E-state index contributed by atoms with van der Waals surface area (Å²) in [5, 5.41) is 3.63. The number of pyridine rings is 3. The Hall–Kier alpha value is -3.45. The molecular weight excluding hydrogens is 386 g/mol. The molecule has 0 bridgehead atoms.